The van der Waals surface area contributed by atoms with Gasteiger partial charge in [0.05, 0.1) is 7.11 Å². The Hall–Kier alpha value is -2.33. The molecule has 0 fully saturated rings. The van der Waals surface area contributed by atoms with Gasteiger partial charge in [0.25, 0.3) is 5.91 Å². The van der Waals surface area contributed by atoms with Gasteiger partial charge in [-0.1, -0.05) is 56.3 Å². The zero-order valence-electron chi connectivity index (χ0n) is 15.5. The van der Waals surface area contributed by atoms with E-state index < -0.39 is 0 Å². The summed E-state index contributed by atoms with van der Waals surface area (Å²) in [5.74, 6) is 1.32. The van der Waals surface area contributed by atoms with Crippen LogP contribution in [0.25, 0.3) is 0 Å². The highest BCUT2D eigenvalue weighted by Gasteiger charge is 2.25. The predicted molar refractivity (Wildman–Crippen MR) is 100 cm³/mol. The molecule has 4 heteroatoms. The van der Waals surface area contributed by atoms with Crippen molar-refractivity contribution in [1.82, 2.24) is 5.32 Å². The Labute approximate surface area is 150 Å². The number of benzene rings is 2. The van der Waals surface area contributed by atoms with E-state index in [-0.39, 0.29) is 18.0 Å². The first-order valence-electron chi connectivity index (χ1n) is 8.82. The zero-order valence-corrected chi connectivity index (χ0v) is 15.5. The third-order valence-corrected chi connectivity index (χ3v) is 4.44. The molecule has 0 unspecified atom stereocenters. The van der Waals surface area contributed by atoms with Crippen LogP contribution in [0.2, 0.25) is 0 Å². The number of ether oxygens (including phenoxy) is 1. The highest BCUT2D eigenvalue weighted by Crippen LogP contribution is 2.17. The van der Waals surface area contributed by atoms with E-state index in [2.05, 4.69) is 36.6 Å². The SMILES string of the molecule is COc1ccc(CNC(=O)[C@H](C)[NH2+][C@@H](c2ccccc2)C(C)C)cc1. The molecule has 2 aromatic carbocycles. The van der Waals surface area contributed by atoms with E-state index in [0.717, 1.165) is 11.3 Å². The zero-order chi connectivity index (χ0) is 18.2. The molecular weight excluding hydrogens is 312 g/mol. The number of rotatable bonds is 8. The third kappa shape index (κ3) is 5.61. The predicted octanol–water partition coefficient (Wildman–Crippen LogP) is 2.66. The molecule has 0 heterocycles. The highest BCUT2D eigenvalue weighted by atomic mass is 16.5. The van der Waals surface area contributed by atoms with Crippen molar-refractivity contribution in [3.8, 4) is 5.75 Å². The van der Waals surface area contributed by atoms with Crippen molar-refractivity contribution >= 4 is 5.91 Å². The lowest BCUT2D eigenvalue weighted by Gasteiger charge is -2.23. The fraction of sp³-hybridized carbons (Fsp3) is 0.381. The largest absolute Gasteiger partial charge is 0.497 e. The first-order chi connectivity index (χ1) is 12.0. The maximum Gasteiger partial charge on any atom is 0.278 e. The summed E-state index contributed by atoms with van der Waals surface area (Å²) in [6.07, 6.45) is 0. The average molecular weight is 341 g/mol. The molecule has 0 spiro atoms. The van der Waals surface area contributed by atoms with E-state index in [1.54, 1.807) is 7.11 Å². The molecule has 0 saturated carbocycles. The topological polar surface area (TPSA) is 54.9 Å². The average Bonchev–Trinajstić information content (AvgIpc) is 2.64. The number of hydrogen-bond acceptors (Lipinski definition) is 2. The molecule has 0 radical (unpaired) electrons. The Morgan fingerprint density at radius 2 is 1.68 bits per heavy atom. The van der Waals surface area contributed by atoms with Crippen molar-refractivity contribution in [2.24, 2.45) is 5.92 Å². The van der Waals surface area contributed by atoms with E-state index in [9.17, 15) is 4.79 Å². The second-order valence-corrected chi connectivity index (χ2v) is 6.73. The van der Waals surface area contributed by atoms with Crippen LogP contribution in [0.3, 0.4) is 0 Å². The first kappa shape index (κ1) is 19.0. The third-order valence-electron chi connectivity index (χ3n) is 4.44. The lowest BCUT2D eigenvalue weighted by Crippen LogP contribution is -2.93. The van der Waals surface area contributed by atoms with Crippen LogP contribution in [0.5, 0.6) is 5.75 Å². The molecule has 2 atom stereocenters. The van der Waals surface area contributed by atoms with E-state index in [1.165, 1.54) is 5.56 Å². The van der Waals surface area contributed by atoms with Gasteiger partial charge in [-0.05, 0) is 24.6 Å². The maximum atomic E-state index is 12.5. The summed E-state index contributed by atoms with van der Waals surface area (Å²) in [6, 6.07) is 18.2. The van der Waals surface area contributed by atoms with E-state index in [0.29, 0.717) is 12.5 Å². The minimum Gasteiger partial charge on any atom is -0.497 e. The molecule has 4 nitrogen and oxygen atoms in total. The number of nitrogens with one attached hydrogen (secondary N) is 1. The standard InChI is InChI=1S/C21H28N2O2/c1-15(2)20(18-8-6-5-7-9-18)23-16(3)21(24)22-14-17-10-12-19(25-4)13-11-17/h5-13,15-16,20,23H,14H2,1-4H3,(H,22,24)/p+1/t16-,20+/m0/s1. The number of methoxy groups -OCH3 is 1. The van der Waals surface area contributed by atoms with E-state index >= 15 is 0 Å². The van der Waals surface area contributed by atoms with Gasteiger partial charge in [0.15, 0.2) is 6.04 Å². The number of amides is 1. The number of carbonyl (C=O) groups excluding carboxylic acids is 1. The molecule has 0 aliphatic rings. The summed E-state index contributed by atoms with van der Waals surface area (Å²) in [5, 5.41) is 5.18. The van der Waals surface area contributed by atoms with Crippen LogP contribution < -0.4 is 15.4 Å². The summed E-state index contributed by atoms with van der Waals surface area (Å²) in [5.41, 5.74) is 2.32. The Morgan fingerprint density at radius 1 is 1.04 bits per heavy atom. The van der Waals surface area contributed by atoms with Gasteiger partial charge in [0.2, 0.25) is 0 Å². The van der Waals surface area contributed by atoms with Crippen LogP contribution >= 0.6 is 0 Å². The van der Waals surface area contributed by atoms with Crippen LogP contribution in [0.4, 0.5) is 0 Å². The molecule has 1 amide bonds. The Balaban J connectivity index is 1.91. The lowest BCUT2D eigenvalue weighted by molar-refractivity contribution is -0.719. The molecule has 0 aliphatic heterocycles. The van der Waals surface area contributed by atoms with Crippen LogP contribution in [-0.4, -0.2) is 19.1 Å². The van der Waals surface area contributed by atoms with Crippen molar-refractivity contribution in [2.75, 3.05) is 7.11 Å². The Morgan fingerprint density at radius 3 is 2.24 bits per heavy atom. The second kappa shape index (κ2) is 9.23. The van der Waals surface area contributed by atoms with Crippen molar-refractivity contribution in [3.05, 3.63) is 65.7 Å². The maximum absolute atomic E-state index is 12.5. The van der Waals surface area contributed by atoms with Crippen molar-refractivity contribution in [2.45, 2.75) is 39.4 Å². The van der Waals surface area contributed by atoms with Crippen molar-refractivity contribution < 1.29 is 14.8 Å². The summed E-state index contributed by atoms with van der Waals surface area (Å²) < 4.78 is 5.15. The van der Waals surface area contributed by atoms with E-state index in [4.69, 9.17) is 4.74 Å². The fourth-order valence-electron chi connectivity index (χ4n) is 2.89. The normalized spacial score (nSPS) is 13.3. The summed E-state index contributed by atoms with van der Waals surface area (Å²) in [7, 11) is 1.65. The summed E-state index contributed by atoms with van der Waals surface area (Å²) in [4.78, 5) is 12.5. The minimum absolute atomic E-state index is 0.0531. The quantitative estimate of drug-likeness (QED) is 0.775. The second-order valence-electron chi connectivity index (χ2n) is 6.73. The van der Waals surface area contributed by atoms with E-state index in [1.807, 2.05) is 49.4 Å². The molecule has 0 saturated heterocycles. The smallest absolute Gasteiger partial charge is 0.278 e. The van der Waals surface area contributed by atoms with Gasteiger partial charge < -0.3 is 15.4 Å². The van der Waals surface area contributed by atoms with Gasteiger partial charge in [-0.25, -0.2) is 0 Å². The number of hydrogen-bond donors (Lipinski definition) is 2. The number of quaternary nitrogens is 1. The molecule has 25 heavy (non-hydrogen) atoms. The van der Waals surface area contributed by atoms with Gasteiger partial charge in [-0.15, -0.1) is 0 Å². The Bertz CT molecular complexity index is 653. The minimum atomic E-state index is -0.147. The Kier molecular flexibility index (Phi) is 7.02. The van der Waals surface area contributed by atoms with Crippen LogP contribution in [0, 0.1) is 5.92 Å². The molecule has 2 aromatic rings. The molecule has 134 valence electrons. The van der Waals surface area contributed by atoms with Crippen molar-refractivity contribution in [3.63, 3.8) is 0 Å². The van der Waals surface area contributed by atoms with Crippen LogP contribution in [0.1, 0.15) is 37.9 Å². The molecule has 0 bridgehead atoms. The molecule has 2 rings (SSSR count). The molecular formula is C21H29N2O2+. The molecule has 0 aliphatic carbocycles. The number of carbonyl (C=O) groups is 1. The van der Waals surface area contributed by atoms with Crippen LogP contribution in [0.15, 0.2) is 54.6 Å². The van der Waals surface area contributed by atoms with Gasteiger partial charge in [0, 0.05) is 18.0 Å². The fourth-order valence-corrected chi connectivity index (χ4v) is 2.89. The van der Waals surface area contributed by atoms with Crippen molar-refractivity contribution in [1.29, 1.82) is 0 Å². The van der Waals surface area contributed by atoms with Gasteiger partial charge in [0.1, 0.15) is 11.8 Å². The van der Waals surface area contributed by atoms with Gasteiger partial charge in [-0.3, -0.25) is 4.79 Å². The monoisotopic (exact) mass is 341 g/mol. The molecule has 3 N–H and O–H groups in total. The summed E-state index contributed by atoms with van der Waals surface area (Å²) in [6.45, 7) is 6.87. The lowest BCUT2D eigenvalue weighted by atomic mass is 9.95. The first-order valence-corrected chi connectivity index (χ1v) is 8.82. The molecule has 0 aromatic heterocycles. The van der Waals surface area contributed by atoms with Gasteiger partial charge in [-0.2, -0.15) is 0 Å². The van der Waals surface area contributed by atoms with Gasteiger partial charge >= 0.3 is 0 Å². The number of nitrogens with two attached hydrogens (primary N) is 1. The van der Waals surface area contributed by atoms with Crippen LogP contribution in [-0.2, 0) is 11.3 Å². The summed E-state index contributed by atoms with van der Waals surface area (Å²) >= 11 is 0. The highest BCUT2D eigenvalue weighted by molar-refractivity contribution is 5.79.